The molecule has 8 atom stereocenters. The van der Waals surface area contributed by atoms with Crippen LogP contribution in [0, 0.1) is 11.8 Å². The molecule has 1 aliphatic carbocycles. The lowest BCUT2D eigenvalue weighted by Crippen LogP contribution is -2.56. The van der Waals surface area contributed by atoms with E-state index in [-0.39, 0.29) is 11.3 Å². The molecule has 28 heavy (non-hydrogen) atoms. The summed E-state index contributed by atoms with van der Waals surface area (Å²) < 4.78 is 29.4. The van der Waals surface area contributed by atoms with Crippen molar-refractivity contribution in [3.63, 3.8) is 0 Å². The van der Waals surface area contributed by atoms with Gasteiger partial charge in [-0.1, -0.05) is 6.42 Å². The van der Waals surface area contributed by atoms with Crippen LogP contribution in [0.4, 0.5) is 0 Å². The van der Waals surface area contributed by atoms with Crippen LogP contribution in [-0.4, -0.2) is 68.5 Å². The van der Waals surface area contributed by atoms with Gasteiger partial charge in [0, 0.05) is 61.7 Å². The van der Waals surface area contributed by atoms with Gasteiger partial charge in [0.1, 0.15) is 0 Å². The van der Waals surface area contributed by atoms with Crippen LogP contribution in [0.1, 0.15) is 51.9 Å². The Balaban J connectivity index is 1.19. The van der Waals surface area contributed by atoms with E-state index in [2.05, 4.69) is 38.2 Å². The number of hydrogen-bond donors (Lipinski definition) is 5. The van der Waals surface area contributed by atoms with Crippen LogP contribution in [0.2, 0.25) is 0 Å². The van der Waals surface area contributed by atoms with E-state index in [0.717, 1.165) is 45.2 Å². The Morgan fingerprint density at radius 3 is 2.68 bits per heavy atom. The fourth-order valence-corrected chi connectivity index (χ4v) is 8.20. The molecule has 160 valence electrons. The van der Waals surface area contributed by atoms with Crippen molar-refractivity contribution < 1.29 is 8.42 Å². The molecule has 4 heterocycles. The quantitative estimate of drug-likeness (QED) is 0.431. The molecule has 5 N–H and O–H groups in total. The number of nitrogens with zero attached hydrogens (tertiary/aromatic N) is 1. The van der Waals surface area contributed by atoms with Gasteiger partial charge in [-0.2, -0.15) is 0 Å². The summed E-state index contributed by atoms with van der Waals surface area (Å²) in [6, 6.07) is 1.80. The first-order valence-corrected chi connectivity index (χ1v) is 12.8. The van der Waals surface area contributed by atoms with Crippen LogP contribution in [0.5, 0.6) is 0 Å². The van der Waals surface area contributed by atoms with Crippen LogP contribution in [0.25, 0.3) is 0 Å². The molecule has 0 aromatic rings. The van der Waals surface area contributed by atoms with E-state index in [0.29, 0.717) is 42.5 Å². The highest BCUT2D eigenvalue weighted by atomic mass is 32.2. The number of sulfonamides is 1. The van der Waals surface area contributed by atoms with E-state index in [4.69, 9.17) is 0 Å². The number of hydrogen-bond acceptors (Lipinski definition) is 7. The maximum Gasteiger partial charge on any atom is 0.215 e. The molecule has 8 unspecified atom stereocenters. The average molecular weight is 413 g/mol. The van der Waals surface area contributed by atoms with Gasteiger partial charge in [0.05, 0.1) is 5.25 Å². The van der Waals surface area contributed by atoms with Gasteiger partial charge in [-0.05, 0) is 45.4 Å². The van der Waals surface area contributed by atoms with Gasteiger partial charge in [-0.15, -0.1) is 0 Å². The Labute approximate surface area is 168 Å². The molecule has 0 radical (unpaired) electrons. The molecule has 0 aromatic carbocycles. The van der Waals surface area contributed by atoms with Crippen molar-refractivity contribution in [2.45, 2.75) is 87.3 Å². The molecule has 4 aliphatic heterocycles. The molecule has 0 amide bonds. The van der Waals surface area contributed by atoms with E-state index in [1.165, 1.54) is 12.8 Å². The SMILES string of the molecule is CC1NNC2CCCC(NS(=O)(=O)C3CCC(C4CNN5CCCC45)NC3)C12. The molecular formula is C19H36N6O2S. The van der Waals surface area contributed by atoms with Crippen LogP contribution in [-0.2, 0) is 10.0 Å². The summed E-state index contributed by atoms with van der Waals surface area (Å²) in [5, 5.41) is 5.71. The zero-order valence-electron chi connectivity index (χ0n) is 16.9. The highest BCUT2D eigenvalue weighted by Gasteiger charge is 2.46. The van der Waals surface area contributed by atoms with E-state index in [9.17, 15) is 8.42 Å². The average Bonchev–Trinajstić information content (AvgIpc) is 3.38. The van der Waals surface area contributed by atoms with Gasteiger partial charge >= 0.3 is 0 Å². The first-order chi connectivity index (χ1) is 13.5. The molecule has 5 rings (SSSR count). The Bertz CT molecular complexity index is 665. The number of rotatable bonds is 4. The van der Waals surface area contributed by atoms with Gasteiger partial charge in [0.25, 0.3) is 0 Å². The lowest BCUT2D eigenvalue weighted by molar-refractivity contribution is 0.204. The normalized spacial score (nSPS) is 47.2. The maximum atomic E-state index is 13.1. The molecule has 1 saturated carbocycles. The molecule has 9 heteroatoms. The Morgan fingerprint density at radius 2 is 1.86 bits per heavy atom. The van der Waals surface area contributed by atoms with E-state index >= 15 is 0 Å². The van der Waals surface area contributed by atoms with Crippen LogP contribution >= 0.6 is 0 Å². The van der Waals surface area contributed by atoms with Crippen LogP contribution in [0.15, 0.2) is 0 Å². The number of piperidine rings is 1. The Hall–Kier alpha value is -0.290. The minimum Gasteiger partial charge on any atom is -0.312 e. The number of nitrogens with one attached hydrogen (secondary N) is 5. The van der Waals surface area contributed by atoms with Crippen molar-refractivity contribution in [1.82, 2.24) is 31.3 Å². The van der Waals surface area contributed by atoms with Gasteiger partial charge in [-0.25, -0.2) is 18.1 Å². The van der Waals surface area contributed by atoms with E-state index < -0.39 is 10.0 Å². The predicted molar refractivity (Wildman–Crippen MR) is 109 cm³/mol. The van der Waals surface area contributed by atoms with Crippen molar-refractivity contribution in [3.8, 4) is 0 Å². The first-order valence-electron chi connectivity index (χ1n) is 11.3. The maximum absolute atomic E-state index is 13.1. The highest BCUT2D eigenvalue weighted by Crippen LogP contribution is 2.34. The Morgan fingerprint density at radius 1 is 0.964 bits per heavy atom. The van der Waals surface area contributed by atoms with Gasteiger partial charge in [0.15, 0.2) is 0 Å². The minimum absolute atomic E-state index is 0.0463. The van der Waals surface area contributed by atoms with Crippen LogP contribution in [0.3, 0.4) is 0 Å². The van der Waals surface area contributed by atoms with E-state index in [1.54, 1.807) is 0 Å². The summed E-state index contributed by atoms with van der Waals surface area (Å²) >= 11 is 0. The second kappa shape index (κ2) is 7.76. The second-order valence-corrected chi connectivity index (χ2v) is 11.6. The lowest BCUT2D eigenvalue weighted by atomic mass is 9.79. The number of hydrazine groups is 2. The summed E-state index contributed by atoms with van der Waals surface area (Å²) in [4.78, 5) is 0. The van der Waals surface area contributed by atoms with Crippen molar-refractivity contribution in [3.05, 3.63) is 0 Å². The molecule has 0 spiro atoms. The predicted octanol–water partition coefficient (Wildman–Crippen LogP) is -0.341. The van der Waals surface area contributed by atoms with Gasteiger partial charge in [-0.3, -0.25) is 16.3 Å². The largest absolute Gasteiger partial charge is 0.312 e. The van der Waals surface area contributed by atoms with Gasteiger partial charge in [0.2, 0.25) is 10.0 Å². The second-order valence-electron chi connectivity index (χ2n) is 9.60. The third kappa shape index (κ3) is 3.53. The molecular weight excluding hydrogens is 376 g/mol. The molecule has 5 fully saturated rings. The van der Waals surface area contributed by atoms with Gasteiger partial charge < -0.3 is 5.32 Å². The fourth-order valence-electron chi connectivity index (χ4n) is 6.55. The summed E-state index contributed by atoms with van der Waals surface area (Å²) in [5.41, 5.74) is 10.2. The topological polar surface area (TPSA) is 97.5 Å². The lowest BCUT2D eigenvalue weighted by Gasteiger charge is -2.38. The molecule has 5 aliphatic rings. The zero-order valence-corrected chi connectivity index (χ0v) is 17.7. The standard InChI is InChI=1S/C19H36N6O2S/c1-12-19-16(23-22-12)4-2-5-17(19)24-28(26,27)13-7-8-15(20-10-13)14-11-21-25-9-3-6-18(14)25/h12-24H,2-11H2,1H3. The van der Waals surface area contributed by atoms with Crippen molar-refractivity contribution >= 4 is 10.0 Å². The van der Waals surface area contributed by atoms with Crippen molar-refractivity contribution in [1.29, 1.82) is 0 Å². The summed E-state index contributed by atoms with van der Waals surface area (Å²) in [6.45, 7) is 4.91. The summed E-state index contributed by atoms with van der Waals surface area (Å²) in [6.07, 6.45) is 7.41. The fraction of sp³-hybridized carbons (Fsp3) is 1.00. The molecule has 4 saturated heterocycles. The zero-order chi connectivity index (χ0) is 19.3. The monoisotopic (exact) mass is 412 g/mol. The number of fused-ring (bicyclic) bond motifs is 2. The summed E-state index contributed by atoms with van der Waals surface area (Å²) in [5.74, 6) is 0.945. The van der Waals surface area contributed by atoms with Crippen molar-refractivity contribution in [2.75, 3.05) is 19.6 Å². The first kappa shape index (κ1) is 19.7. The smallest absolute Gasteiger partial charge is 0.215 e. The Kier molecular flexibility index (Phi) is 5.45. The molecule has 0 bridgehead atoms. The summed E-state index contributed by atoms with van der Waals surface area (Å²) in [7, 11) is -3.30. The highest BCUT2D eigenvalue weighted by molar-refractivity contribution is 7.90. The molecule has 0 aromatic heterocycles. The molecule has 8 nitrogen and oxygen atoms in total. The van der Waals surface area contributed by atoms with E-state index in [1.807, 2.05) is 0 Å². The van der Waals surface area contributed by atoms with Crippen LogP contribution < -0.4 is 26.3 Å². The third-order valence-electron chi connectivity index (χ3n) is 8.04. The van der Waals surface area contributed by atoms with Crippen molar-refractivity contribution in [2.24, 2.45) is 11.8 Å². The third-order valence-corrected chi connectivity index (χ3v) is 9.95. The minimum atomic E-state index is -3.30.